The zero-order chi connectivity index (χ0) is 12.6. The lowest BCUT2D eigenvalue weighted by atomic mass is 10.0. The van der Waals surface area contributed by atoms with Gasteiger partial charge in [0.1, 0.15) is 0 Å². The molecule has 0 radical (unpaired) electrons. The molecule has 2 fully saturated rings. The maximum atomic E-state index is 12.0. The first-order valence-electron chi connectivity index (χ1n) is 6.43. The van der Waals surface area contributed by atoms with E-state index in [4.69, 9.17) is 0 Å². The largest absolute Gasteiger partial charge is 0.361 e. The van der Waals surface area contributed by atoms with E-state index in [-0.39, 0.29) is 17.4 Å². The monoisotopic (exact) mass is 241 g/mol. The first-order valence-corrected chi connectivity index (χ1v) is 6.43. The molecule has 4 N–H and O–H groups in total. The molecule has 1 aliphatic carbocycles. The van der Waals surface area contributed by atoms with Crippen LogP contribution in [0.15, 0.2) is 0 Å². The highest BCUT2D eigenvalue weighted by Crippen LogP contribution is 2.62. The summed E-state index contributed by atoms with van der Waals surface area (Å²) in [6.07, 6.45) is -0.0167. The van der Waals surface area contributed by atoms with E-state index in [1.54, 1.807) is 0 Å². The van der Waals surface area contributed by atoms with Crippen LogP contribution < -0.4 is 16.0 Å². The topological polar surface area (TPSA) is 73.4 Å². The second-order valence-electron chi connectivity index (χ2n) is 5.70. The molecule has 1 heterocycles. The molecule has 0 bridgehead atoms. The van der Waals surface area contributed by atoms with Crippen molar-refractivity contribution in [1.82, 2.24) is 16.0 Å². The summed E-state index contributed by atoms with van der Waals surface area (Å²) >= 11 is 0. The van der Waals surface area contributed by atoms with Crippen LogP contribution in [0.5, 0.6) is 0 Å². The number of carbonyl (C=O) groups excluding carboxylic acids is 1. The van der Waals surface area contributed by atoms with E-state index >= 15 is 0 Å². The molecule has 0 spiro atoms. The van der Waals surface area contributed by atoms with E-state index in [2.05, 4.69) is 29.8 Å². The van der Waals surface area contributed by atoms with Crippen molar-refractivity contribution < 1.29 is 9.90 Å². The fourth-order valence-electron chi connectivity index (χ4n) is 3.03. The van der Waals surface area contributed by atoms with Gasteiger partial charge in [0.2, 0.25) is 5.91 Å². The first kappa shape index (κ1) is 12.8. The quantitative estimate of drug-likeness (QED) is 0.495. The summed E-state index contributed by atoms with van der Waals surface area (Å²) < 4.78 is 0. The Morgan fingerprint density at radius 1 is 1.59 bits per heavy atom. The molecule has 1 aliphatic heterocycles. The number of amides is 1. The van der Waals surface area contributed by atoms with Crippen LogP contribution >= 0.6 is 0 Å². The zero-order valence-electron chi connectivity index (χ0n) is 10.8. The average Bonchev–Trinajstić information content (AvgIpc) is 2.68. The van der Waals surface area contributed by atoms with Gasteiger partial charge in [-0.05, 0) is 36.8 Å². The summed E-state index contributed by atoms with van der Waals surface area (Å²) in [5, 5.41) is 18.2. The Bertz CT molecular complexity index is 306. The Balaban J connectivity index is 1.81. The van der Waals surface area contributed by atoms with Gasteiger partial charge in [0.05, 0.1) is 6.04 Å². The van der Waals surface area contributed by atoms with Crippen molar-refractivity contribution in [2.24, 2.45) is 17.3 Å². The number of hydrogen-bond acceptors (Lipinski definition) is 4. The number of nitrogens with one attached hydrogen (secondary N) is 3. The van der Waals surface area contributed by atoms with Gasteiger partial charge >= 0.3 is 0 Å². The van der Waals surface area contributed by atoms with Crippen molar-refractivity contribution in [2.75, 3.05) is 13.1 Å². The third-order valence-electron chi connectivity index (χ3n) is 4.21. The van der Waals surface area contributed by atoms with E-state index in [1.807, 2.05) is 6.92 Å². The smallest absolute Gasteiger partial charge is 0.240 e. The summed E-state index contributed by atoms with van der Waals surface area (Å²) in [7, 11) is 0. The lowest BCUT2D eigenvalue weighted by molar-refractivity contribution is -0.127. The predicted octanol–water partition coefficient (Wildman–Crippen LogP) is -0.378. The van der Waals surface area contributed by atoms with Crippen LogP contribution in [0.1, 0.15) is 27.2 Å². The van der Waals surface area contributed by atoms with E-state index in [0.29, 0.717) is 18.4 Å². The Morgan fingerprint density at radius 3 is 2.82 bits per heavy atom. The molecule has 2 rings (SSSR count). The minimum atomic E-state index is -0.940. The summed E-state index contributed by atoms with van der Waals surface area (Å²) in [4.78, 5) is 12.0. The molecule has 0 aromatic rings. The highest BCUT2D eigenvalue weighted by atomic mass is 16.3. The van der Waals surface area contributed by atoms with Crippen molar-refractivity contribution in [3.05, 3.63) is 0 Å². The van der Waals surface area contributed by atoms with Crippen LogP contribution in [0.25, 0.3) is 0 Å². The maximum absolute atomic E-state index is 12.0. The molecular formula is C12H23N3O2. The lowest BCUT2D eigenvalue weighted by Gasteiger charge is -2.21. The molecule has 1 saturated heterocycles. The van der Waals surface area contributed by atoms with Gasteiger partial charge in [-0.25, -0.2) is 0 Å². The minimum Gasteiger partial charge on any atom is -0.361 e. The molecule has 5 nitrogen and oxygen atoms in total. The van der Waals surface area contributed by atoms with Crippen molar-refractivity contribution in [2.45, 2.75) is 39.6 Å². The van der Waals surface area contributed by atoms with Gasteiger partial charge in [-0.1, -0.05) is 20.8 Å². The highest BCUT2D eigenvalue weighted by molar-refractivity contribution is 5.83. The standard InChI is InChI=1S/C12H23N3O2/c1-4-5-13-11(17)15-10(16)9-8-7(6-14-9)12(8,2)3/h7-9,11,13-14,17H,4-6H2,1-3H3,(H,15,16)/t7-,8-,9-,11?/m0/s1. The number of piperidine rings is 1. The Kier molecular flexibility index (Phi) is 3.43. The summed E-state index contributed by atoms with van der Waals surface area (Å²) in [5.74, 6) is 0.930. The van der Waals surface area contributed by atoms with Crippen LogP contribution in [0, 0.1) is 17.3 Å². The Morgan fingerprint density at radius 2 is 2.29 bits per heavy atom. The highest BCUT2D eigenvalue weighted by Gasteiger charge is 2.65. The third kappa shape index (κ3) is 2.32. The number of fused-ring (bicyclic) bond motifs is 1. The molecule has 17 heavy (non-hydrogen) atoms. The summed E-state index contributed by atoms with van der Waals surface area (Å²) in [6.45, 7) is 8.02. The van der Waals surface area contributed by atoms with Gasteiger partial charge in [-0.15, -0.1) is 0 Å². The van der Waals surface area contributed by atoms with Crippen LogP contribution in [0.2, 0.25) is 0 Å². The van der Waals surface area contributed by atoms with Crippen LogP contribution in [-0.4, -0.2) is 36.5 Å². The number of aliphatic hydroxyl groups is 1. The van der Waals surface area contributed by atoms with Crippen LogP contribution in [0.4, 0.5) is 0 Å². The number of rotatable bonds is 5. The molecule has 1 amide bonds. The average molecular weight is 241 g/mol. The van der Waals surface area contributed by atoms with Gasteiger partial charge in [0.15, 0.2) is 6.35 Å². The minimum absolute atomic E-state index is 0.0980. The molecule has 5 heteroatoms. The van der Waals surface area contributed by atoms with Gasteiger partial charge in [0, 0.05) is 0 Å². The van der Waals surface area contributed by atoms with Crippen molar-refractivity contribution in [3.63, 3.8) is 0 Å². The molecule has 4 atom stereocenters. The second-order valence-corrected chi connectivity index (χ2v) is 5.70. The first-order chi connectivity index (χ1) is 7.98. The van der Waals surface area contributed by atoms with E-state index in [1.165, 1.54) is 0 Å². The molecule has 2 aliphatic rings. The normalized spacial score (nSPS) is 35.2. The van der Waals surface area contributed by atoms with E-state index in [9.17, 15) is 9.90 Å². The second kappa shape index (κ2) is 4.55. The SMILES string of the molecule is CCCNC(O)NC(=O)[C@H]1NC[C@H]2[C@@H]1C2(C)C. The van der Waals surface area contributed by atoms with E-state index < -0.39 is 6.35 Å². The van der Waals surface area contributed by atoms with Crippen molar-refractivity contribution in [1.29, 1.82) is 0 Å². The molecular weight excluding hydrogens is 218 g/mol. The predicted molar refractivity (Wildman–Crippen MR) is 65.0 cm³/mol. The molecule has 0 aromatic heterocycles. The van der Waals surface area contributed by atoms with Gasteiger partial charge in [0.25, 0.3) is 0 Å². The number of carbonyl (C=O) groups is 1. The van der Waals surface area contributed by atoms with Crippen LogP contribution in [-0.2, 0) is 4.79 Å². The molecule has 1 saturated carbocycles. The summed E-state index contributed by atoms with van der Waals surface area (Å²) in [5.41, 5.74) is 0.273. The number of aliphatic hydroxyl groups excluding tert-OH is 1. The van der Waals surface area contributed by atoms with Gasteiger partial charge < -0.3 is 15.7 Å². The van der Waals surface area contributed by atoms with E-state index in [0.717, 1.165) is 13.0 Å². The molecule has 98 valence electrons. The van der Waals surface area contributed by atoms with Crippen LogP contribution in [0.3, 0.4) is 0 Å². The molecule has 0 aromatic carbocycles. The fourth-order valence-corrected chi connectivity index (χ4v) is 3.03. The van der Waals surface area contributed by atoms with Crippen molar-refractivity contribution in [3.8, 4) is 0 Å². The van der Waals surface area contributed by atoms with Gasteiger partial charge in [-0.2, -0.15) is 0 Å². The maximum Gasteiger partial charge on any atom is 0.240 e. The zero-order valence-corrected chi connectivity index (χ0v) is 10.8. The van der Waals surface area contributed by atoms with Crippen molar-refractivity contribution >= 4 is 5.91 Å². The fraction of sp³-hybridized carbons (Fsp3) is 0.917. The van der Waals surface area contributed by atoms with Gasteiger partial charge in [-0.3, -0.25) is 10.1 Å². The lowest BCUT2D eigenvalue weighted by Crippen LogP contribution is -2.52. The molecule has 1 unspecified atom stereocenters. The summed E-state index contributed by atoms with van der Waals surface area (Å²) in [6, 6.07) is -0.145. The third-order valence-corrected chi connectivity index (χ3v) is 4.21. The Labute approximate surface area is 102 Å². The Hall–Kier alpha value is -0.650. The number of hydrogen-bond donors (Lipinski definition) is 4.